The van der Waals surface area contributed by atoms with Crippen LogP contribution in [-0.2, 0) is 13.0 Å². The third kappa shape index (κ3) is 3.54. The highest BCUT2D eigenvalue weighted by atomic mass is 79.9. The first-order chi connectivity index (χ1) is 9.10. The van der Waals surface area contributed by atoms with Gasteiger partial charge in [-0.1, -0.05) is 6.92 Å². The number of carbonyl (C=O) groups excluding carboxylic acids is 1. The summed E-state index contributed by atoms with van der Waals surface area (Å²) in [5.74, 6) is -0.131. The number of carbonyl (C=O) groups is 1. The summed E-state index contributed by atoms with van der Waals surface area (Å²) in [5, 5.41) is 3.76. The van der Waals surface area contributed by atoms with Crippen LogP contribution in [-0.4, -0.2) is 10.9 Å². The summed E-state index contributed by atoms with van der Waals surface area (Å²) in [6.07, 6.45) is 2.82. The fourth-order valence-corrected chi connectivity index (χ4v) is 2.70. The van der Waals surface area contributed by atoms with Crippen molar-refractivity contribution in [3.63, 3.8) is 0 Å². The molecule has 0 atom stereocenters. The first kappa shape index (κ1) is 14.0. The van der Waals surface area contributed by atoms with Crippen LogP contribution in [0.3, 0.4) is 0 Å². The number of benzene rings is 1. The summed E-state index contributed by atoms with van der Waals surface area (Å²) < 4.78 is 0.725. The van der Waals surface area contributed by atoms with Gasteiger partial charge in [-0.15, -0.1) is 11.3 Å². The van der Waals surface area contributed by atoms with Crippen LogP contribution in [0.2, 0.25) is 0 Å². The smallest absolute Gasteiger partial charge is 0.251 e. The SMILES string of the molecule is CCc1cnc(CNC(=O)c2ccc(N)c(Br)c2)s1. The van der Waals surface area contributed by atoms with Crippen molar-refractivity contribution < 1.29 is 4.79 Å². The van der Waals surface area contributed by atoms with E-state index in [9.17, 15) is 4.79 Å². The summed E-state index contributed by atoms with van der Waals surface area (Å²) in [4.78, 5) is 17.4. The van der Waals surface area contributed by atoms with Crippen LogP contribution in [0.1, 0.15) is 27.2 Å². The summed E-state index contributed by atoms with van der Waals surface area (Å²) in [6.45, 7) is 2.53. The normalized spacial score (nSPS) is 10.4. The van der Waals surface area contributed by atoms with Gasteiger partial charge in [0.15, 0.2) is 0 Å². The highest BCUT2D eigenvalue weighted by Crippen LogP contribution is 2.20. The Bertz CT molecular complexity index is 597. The van der Waals surface area contributed by atoms with Crippen LogP contribution in [0, 0.1) is 0 Å². The fraction of sp³-hybridized carbons (Fsp3) is 0.231. The Morgan fingerprint density at radius 3 is 2.95 bits per heavy atom. The zero-order valence-electron chi connectivity index (χ0n) is 10.4. The number of aromatic nitrogens is 1. The molecule has 0 saturated carbocycles. The van der Waals surface area contributed by atoms with Gasteiger partial charge in [0.1, 0.15) is 5.01 Å². The van der Waals surface area contributed by atoms with Gasteiger partial charge in [-0.25, -0.2) is 4.98 Å². The van der Waals surface area contributed by atoms with Crippen molar-refractivity contribution >= 4 is 38.9 Å². The van der Waals surface area contributed by atoms with E-state index in [1.807, 2.05) is 6.20 Å². The summed E-state index contributed by atoms with van der Waals surface area (Å²) in [6, 6.07) is 5.12. The van der Waals surface area contributed by atoms with Gasteiger partial charge in [0.25, 0.3) is 5.91 Å². The van der Waals surface area contributed by atoms with E-state index < -0.39 is 0 Å². The Kier molecular flexibility index (Phi) is 4.55. The molecule has 0 aliphatic carbocycles. The molecule has 0 aliphatic heterocycles. The zero-order valence-corrected chi connectivity index (χ0v) is 12.8. The highest BCUT2D eigenvalue weighted by Gasteiger charge is 2.08. The van der Waals surface area contributed by atoms with Crippen molar-refractivity contribution in [3.05, 3.63) is 44.3 Å². The number of hydrogen-bond donors (Lipinski definition) is 2. The molecule has 4 nitrogen and oxygen atoms in total. The van der Waals surface area contributed by atoms with Crippen LogP contribution < -0.4 is 11.1 Å². The topological polar surface area (TPSA) is 68.0 Å². The lowest BCUT2D eigenvalue weighted by Gasteiger charge is -2.05. The second-order valence-electron chi connectivity index (χ2n) is 3.99. The van der Waals surface area contributed by atoms with Gasteiger partial charge >= 0.3 is 0 Å². The van der Waals surface area contributed by atoms with E-state index in [4.69, 9.17) is 5.73 Å². The molecule has 0 aliphatic rings. The maximum Gasteiger partial charge on any atom is 0.251 e. The first-order valence-electron chi connectivity index (χ1n) is 5.87. The Labute approximate surface area is 124 Å². The van der Waals surface area contributed by atoms with Gasteiger partial charge in [-0.05, 0) is 40.5 Å². The highest BCUT2D eigenvalue weighted by molar-refractivity contribution is 9.10. The van der Waals surface area contributed by atoms with Crippen molar-refractivity contribution in [1.82, 2.24) is 10.3 Å². The second kappa shape index (κ2) is 6.16. The molecule has 19 heavy (non-hydrogen) atoms. The van der Waals surface area contributed by atoms with Crippen molar-refractivity contribution in [2.24, 2.45) is 0 Å². The van der Waals surface area contributed by atoms with Gasteiger partial charge in [0, 0.05) is 26.8 Å². The molecule has 1 aromatic heterocycles. The molecule has 1 amide bonds. The van der Waals surface area contributed by atoms with E-state index in [0.717, 1.165) is 15.9 Å². The fourth-order valence-electron chi connectivity index (χ4n) is 1.52. The van der Waals surface area contributed by atoms with E-state index in [0.29, 0.717) is 17.8 Å². The number of amides is 1. The zero-order chi connectivity index (χ0) is 13.8. The van der Waals surface area contributed by atoms with E-state index in [1.54, 1.807) is 29.5 Å². The second-order valence-corrected chi connectivity index (χ2v) is 6.05. The van der Waals surface area contributed by atoms with Crippen molar-refractivity contribution in [3.8, 4) is 0 Å². The third-order valence-electron chi connectivity index (χ3n) is 2.61. The van der Waals surface area contributed by atoms with E-state index >= 15 is 0 Å². The Morgan fingerprint density at radius 2 is 2.32 bits per heavy atom. The average Bonchev–Trinajstić information content (AvgIpc) is 2.87. The van der Waals surface area contributed by atoms with Gasteiger partial charge in [0.05, 0.1) is 6.54 Å². The Morgan fingerprint density at radius 1 is 1.53 bits per heavy atom. The maximum atomic E-state index is 12.0. The van der Waals surface area contributed by atoms with Crippen LogP contribution >= 0.6 is 27.3 Å². The lowest BCUT2D eigenvalue weighted by atomic mass is 10.2. The standard InChI is InChI=1S/C13H14BrN3OS/c1-2-9-6-16-12(19-9)7-17-13(18)8-3-4-11(15)10(14)5-8/h3-6H,2,7,15H2,1H3,(H,17,18). The molecule has 0 unspecified atom stereocenters. The molecule has 3 N–H and O–H groups in total. The third-order valence-corrected chi connectivity index (χ3v) is 4.44. The van der Waals surface area contributed by atoms with Crippen LogP contribution in [0.4, 0.5) is 5.69 Å². The molecule has 100 valence electrons. The molecule has 0 bridgehead atoms. The molecule has 0 saturated heterocycles. The van der Waals surface area contributed by atoms with Crippen molar-refractivity contribution in [1.29, 1.82) is 0 Å². The van der Waals surface area contributed by atoms with Gasteiger partial charge in [0.2, 0.25) is 0 Å². The van der Waals surface area contributed by atoms with E-state index in [2.05, 4.69) is 33.2 Å². The number of nitrogens with two attached hydrogens (primary N) is 1. The summed E-state index contributed by atoms with van der Waals surface area (Å²) in [5.41, 5.74) is 6.88. The van der Waals surface area contributed by atoms with Gasteiger partial charge in [-0.3, -0.25) is 4.79 Å². The molecule has 0 fully saturated rings. The first-order valence-corrected chi connectivity index (χ1v) is 7.48. The lowest BCUT2D eigenvalue weighted by Crippen LogP contribution is -2.22. The van der Waals surface area contributed by atoms with Crippen LogP contribution in [0.15, 0.2) is 28.9 Å². The molecular weight excluding hydrogens is 326 g/mol. The Balaban J connectivity index is 1.99. The van der Waals surface area contributed by atoms with Crippen LogP contribution in [0.25, 0.3) is 0 Å². The minimum atomic E-state index is -0.131. The lowest BCUT2D eigenvalue weighted by molar-refractivity contribution is 0.0951. The summed E-state index contributed by atoms with van der Waals surface area (Å²) in [7, 11) is 0. The molecule has 2 rings (SSSR count). The van der Waals surface area contributed by atoms with Crippen molar-refractivity contribution in [2.75, 3.05) is 5.73 Å². The molecule has 0 radical (unpaired) electrons. The van der Waals surface area contributed by atoms with Gasteiger partial charge in [-0.2, -0.15) is 0 Å². The molecule has 1 aromatic carbocycles. The van der Waals surface area contributed by atoms with Gasteiger partial charge < -0.3 is 11.1 Å². The predicted molar refractivity (Wildman–Crippen MR) is 81.2 cm³/mol. The number of nitrogens with one attached hydrogen (secondary N) is 1. The summed E-state index contributed by atoms with van der Waals surface area (Å²) >= 11 is 4.93. The number of rotatable bonds is 4. The van der Waals surface area contributed by atoms with Crippen molar-refractivity contribution in [2.45, 2.75) is 19.9 Å². The number of thiazole rings is 1. The monoisotopic (exact) mass is 339 g/mol. The predicted octanol–water partition coefficient (Wildman–Crippen LogP) is 2.98. The molecule has 0 spiro atoms. The number of anilines is 1. The molecule has 1 heterocycles. The molecule has 2 aromatic rings. The molecule has 6 heteroatoms. The Hall–Kier alpha value is -1.40. The molecular formula is C13H14BrN3OS. The number of hydrogen-bond acceptors (Lipinski definition) is 4. The van der Waals surface area contributed by atoms with E-state index in [-0.39, 0.29) is 5.91 Å². The minimum Gasteiger partial charge on any atom is -0.398 e. The number of nitrogens with zero attached hydrogens (tertiary/aromatic N) is 1. The maximum absolute atomic E-state index is 12.0. The van der Waals surface area contributed by atoms with Crippen LogP contribution in [0.5, 0.6) is 0 Å². The average molecular weight is 340 g/mol. The number of nitrogen functional groups attached to an aromatic ring is 1. The quantitative estimate of drug-likeness (QED) is 0.841. The number of halogens is 1. The minimum absolute atomic E-state index is 0.131. The number of aryl methyl sites for hydroxylation is 1. The van der Waals surface area contributed by atoms with E-state index in [1.165, 1.54) is 4.88 Å². The largest absolute Gasteiger partial charge is 0.398 e.